The number of aliphatic hydroxyl groups excluding tert-OH is 1. The van der Waals surface area contributed by atoms with Gasteiger partial charge in [0.05, 0.1) is 22.8 Å². The first-order valence-corrected chi connectivity index (χ1v) is 16.7. The van der Waals surface area contributed by atoms with Crippen molar-refractivity contribution in [2.45, 2.75) is 60.8 Å². The predicted octanol–water partition coefficient (Wildman–Crippen LogP) is 8.86. The average molecular weight is 669 g/mol. The molecule has 0 amide bonds. The van der Waals surface area contributed by atoms with E-state index >= 15 is 0 Å². The van der Waals surface area contributed by atoms with Crippen LogP contribution in [0.1, 0.15) is 66.3 Å². The van der Waals surface area contributed by atoms with Crippen LogP contribution in [-0.2, 0) is 25.7 Å². The minimum absolute atomic E-state index is 0. The van der Waals surface area contributed by atoms with Gasteiger partial charge in [-0.1, -0.05) is 106 Å². The summed E-state index contributed by atoms with van der Waals surface area (Å²) in [4.78, 5) is 25.9. The van der Waals surface area contributed by atoms with Crippen LogP contribution in [0.3, 0.4) is 0 Å². The zero-order chi connectivity index (χ0) is 33.6. The van der Waals surface area contributed by atoms with E-state index in [1.165, 1.54) is 22.3 Å². The van der Waals surface area contributed by atoms with Gasteiger partial charge < -0.3 is 10.6 Å². The van der Waals surface area contributed by atoms with Gasteiger partial charge in [0.2, 0.25) is 0 Å². The highest BCUT2D eigenvalue weighted by Crippen LogP contribution is 2.51. The van der Waals surface area contributed by atoms with E-state index in [2.05, 4.69) is 121 Å². The second kappa shape index (κ2) is 16.8. The summed E-state index contributed by atoms with van der Waals surface area (Å²) in [5.74, 6) is 3.05. The average Bonchev–Trinajstić information content (AvgIpc) is 3.32. The van der Waals surface area contributed by atoms with Crippen LogP contribution in [0.15, 0.2) is 109 Å². The molecule has 4 aromatic carbocycles. The molecule has 50 heavy (non-hydrogen) atoms. The van der Waals surface area contributed by atoms with E-state index in [-0.39, 0.29) is 12.9 Å². The van der Waals surface area contributed by atoms with Crippen LogP contribution >= 0.6 is 0 Å². The lowest BCUT2D eigenvalue weighted by atomic mass is 10.0. The molecule has 1 aliphatic heterocycles. The zero-order valence-electron chi connectivity index (χ0n) is 28.9. The third-order valence-electron chi connectivity index (χ3n) is 8.75. The summed E-state index contributed by atoms with van der Waals surface area (Å²) >= 11 is 0. The lowest BCUT2D eigenvalue weighted by Gasteiger charge is -2.37. The van der Waals surface area contributed by atoms with Gasteiger partial charge in [-0.3, -0.25) is 9.80 Å². The van der Waals surface area contributed by atoms with Crippen LogP contribution in [-0.4, -0.2) is 37.6 Å². The molecule has 8 rings (SSSR count). The highest BCUT2D eigenvalue weighted by atomic mass is 16.2. The van der Waals surface area contributed by atoms with Crippen molar-refractivity contribution in [2.24, 2.45) is 0 Å². The maximum Gasteiger partial charge on any atom is 0.183 e. The molecule has 2 aliphatic rings. The van der Waals surface area contributed by atoms with Crippen molar-refractivity contribution in [3.8, 4) is 0 Å². The number of benzene rings is 4. The molecule has 0 fully saturated rings. The number of nitrogens with zero attached hydrogens (tertiary/aromatic N) is 6. The maximum absolute atomic E-state index is 7.00. The van der Waals surface area contributed by atoms with Gasteiger partial charge in [0.15, 0.2) is 23.3 Å². The van der Waals surface area contributed by atoms with E-state index < -0.39 is 0 Å². The van der Waals surface area contributed by atoms with Crippen LogP contribution in [0.4, 0.5) is 34.6 Å². The van der Waals surface area contributed by atoms with Gasteiger partial charge in [-0.05, 0) is 73.2 Å². The normalized spacial score (nSPS) is 12.0. The van der Waals surface area contributed by atoms with E-state index in [0.29, 0.717) is 6.42 Å². The summed E-state index contributed by atoms with van der Waals surface area (Å²) < 4.78 is 0. The summed E-state index contributed by atoms with van der Waals surface area (Å²) in [6, 6.07) is 37.9. The fraction of sp³-hybridized carbons (Fsp3) is 0.238. The smallest absolute Gasteiger partial charge is 0.183 e. The number of para-hydroxylation sites is 2. The van der Waals surface area contributed by atoms with Crippen LogP contribution in [0.25, 0.3) is 0 Å². The Bertz CT molecular complexity index is 2020. The molecule has 0 saturated heterocycles. The quantitative estimate of drug-likeness (QED) is 0.200. The Balaban J connectivity index is 0.000000905. The SMILES string of the molecule is C.CC.CO.Cc1ccccc1Cc1nc2c(nc1C)N(c1ccccc1)c1nc3c(nc1N2c1ccccc1)Cc1ccccc1CC3.O. The molecule has 6 aromatic rings. The predicted molar refractivity (Wildman–Crippen MR) is 206 cm³/mol. The highest BCUT2D eigenvalue weighted by Gasteiger charge is 2.37. The number of aliphatic hydroxyl groups is 1. The fourth-order valence-corrected chi connectivity index (χ4v) is 6.37. The third kappa shape index (κ3) is 7.13. The number of aryl methyl sites for hydroxylation is 4. The van der Waals surface area contributed by atoms with Gasteiger partial charge in [0.25, 0.3) is 0 Å². The van der Waals surface area contributed by atoms with Crippen molar-refractivity contribution < 1.29 is 10.6 Å². The number of fused-ring (bicyclic) bond motifs is 4. The van der Waals surface area contributed by atoms with Crippen LogP contribution in [0, 0.1) is 13.8 Å². The summed E-state index contributed by atoms with van der Waals surface area (Å²) in [6.07, 6.45) is 3.24. The van der Waals surface area contributed by atoms with Gasteiger partial charge >= 0.3 is 0 Å². The number of aromatic nitrogens is 4. The molecule has 3 heterocycles. The van der Waals surface area contributed by atoms with Crippen LogP contribution in [0.5, 0.6) is 0 Å². The van der Waals surface area contributed by atoms with Gasteiger partial charge in [0.1, 0.15) is 0 Å². The topological polar surface area (TPSA) is 110 Å². The molecule has 258 valence electrons. The standard InChI is InChI=1S/C38H32N6.C2H6.CH4O.CH4.H2O/c1-25-13-9-10-15-28(25)23-33-26(2)39-35-36(41-33)44(31-19-7-4-8-20-31)38-37(43(35)30-17-5-3-6-18-30)40-32-22-21-27-14-11-12-16-29(27)24-34(32)42-38;2*1-2;;/h3-20H,21-24H2,1-2H3;1-2H3;2H,1H3;1H4;1H2. The molecule has 2 aromatic heterocycles. The van der Waals surface area contributed by atoms with Gasteiger partial charge in [-0.25, -0.2) is 19.9 Å². The molecule has 8 nitrogen and oxygen atoms in total. The third-order valence-corrected chi connectivity index (χ3v) is 8.75. The Morgan fingerprint density at radius 3 is 1.64 bits per heavy atom. The monoisotopic (exact) mass is 668 g/mol. The largest absolute Gasteiger partial charge is 0.412 e. The second-order valence-corrected chi connectivity index (χ2v) is 11.6. The van der Waals surface area contributed by atoms with Crippen molar-refractivity contribution in [2.75, 3.05) is 16.9 Å². The first kappa shape index (κ1) is 37.4. The number of hydrogen-bond donors (Lipinski definition) is 1. The van der Waals surface area contributed by atoms with Crippen LogP contribution < -0.4 is 9.80 Å². The number of anilines is 6. The van der Waals surface area contributed by atoms with Crippen molar-refractivity contribution in [1.29, 1.82) is 0 Å². The second-order valence-electron chi connectivity index (χ2n) is 11.6. The van der Waals surface area contributed by atoms with Gasteiger partial charge in [0, 0.05) is 31.3 Å². The molecule has 0 spiro atoms. The van der Waals surface area contributed by atoms with Crippen molar-refractivity contribution in [3.05, 3.63) is 154 Å². The molecule has 0 bridgehead atoms. The molecule has 0 unspecified atom stereocenters. The first-order valence-electron chi connectivity index (χ1n) is 16.7. The summed E-state index contributed by atoms with van der Waals surface area (Å²) in [7, 11) is 1.00. The molecule has 0 radical (unpaired) electrons. The van der Waals surface area contributed by atoms with E-state index in [9.17, 15) is 0 Å². The van der Waals surface area contributed by atoms with E-state index in [4.69, 9.17) is 25.0 Å². The van der Waals surface area contributed by atoms with E-state index in [1.807, 2.05) is 26.0 Å². The Morgan fingerprint density at radius 1 is 0.560 bits per heavy atom. The van der Waals surface area contributed by atoms with Gasteiger partial charge in [-0.2, -0.15) is 0 Å². The number of hydrogen-bond acceptors (Lipinski definition) is 7. The summed E-state index contributed by atoms with van der Waals surface area (Å²) in [5.41, 5.74) is 11.1. The highest BCUT2D eigenvalue weighted by molar-refractivity contribution is 5.96. The molecular weight excluding hydrogens is 621 g/mol. The van der Waals surface area contributed by atoms with Crippen molar-refractivity contribution >= 4 is 34.6 Å². The first-order chi connectivity index (χ1) is 23.6. The lowest BCUT2D eigenvalue weighted by molar-refractivity contribution is 0.399. The summed E-state index contributed by atoms with van der Waals surface area (Å²) in [6.45, 7) is 8.21. The van der Waals surface area contributed by atoms with Crippen molar-refractivity contribution in [3.63, 3.8) is 0 Å². The lowest BCUT2D eigenvalue weighted by Crippen LogP contribution is -2.29. The Kier molecular flexibility index (Phi) is 12.5. The van der Waals surface area contributed by atoms with E-state index in [1.54, 1.807) is 0 Å². The minimum atomic E-state index is 0. The minimum Gasteiger partial charge on any atom is -0.412 e. The Labute approximate surface area is 296 Å². The van der Waals surface area contributed by atoms with Gasteiger partial charge in [-0.15, -0.1) is 0 Å². The number of rotatable bonds is 4. The fourth-order valence-electron chi connectivity index (χ4n) is 6.37. The molecule has 0 saturated carbocycles. The molecular formula is C42H48N6O2. The maximum atomic E-state index is 7.00. The van der Waals surface area contributed by atoms with Crippen LogP contribution in [0.2, 0.25) is 0 Å². The van der Waals surface area contributed by atoms with E-state index in [0.717, 1.165) is 83.8 Å². The zero-order valence-corrected chi connectivity index (χ0v) is 28.9. The molecule has 3 N–H and O–H groups in total. The Morgan fingerprint density at radius 2 is 1.04 bits per heavy atom. The Hall–Kier alpha value is -5.44. The van der Waals surface area contributed by atoms with Crippen molar-refractivity contribution in [1.82, 2.24) is 19.9 Å². The molecule has 1 aliphatic carbocycles. The molecule has 8 heteroatoms. The summed E-state index contributed by atoms with van der Waals surface area (Å²) in [5, 5.41) is 7.00. The molecule has 0 atom stereocenters.